The Kier molecular flexibility index (Phi) is 4.54. The summed E-state index contributed by atoms with van der Waals surface area (Å²) in [4.78, 5) is 26.0. The van der Waals surface area contributed by atoms with Gasteiger partial charge in [0, 0.05) is 5.54 Å². The average molecular weight is 230 g/mol. The van der Waals surface area contributed by atoms with E-state index < -0.39 is 18.6 Å². The van der Waals surface area contributed by atoms with E-state index in [1.807, 2.05) is 6.92 Å². The summed E-state index contributed by atoms with van der Waals surface area (Å²) in [6, 6.07) is -0.481. The monoisotopic (exact) mass is 230 g/mol. The molecule has 0 aromatic rings. The minimum Gasteiger partial charge on any atom is -0.479 e. The van der Waals surface area contributed by atoms with Gasteiger partial charge in [0.05, 0.1) is 0 Å². The minimum absolute atomic E-state index is 0.199. The molecule has 3 N–H and O–H groups in total. The molecule has 92 valence electrons. The average Bonchev–Trinajstić information content (AvgIpc) is 2.17. The van der Waals surface area contributed by atoms with E-state index in [0.717, 1.165) is 25.7 Å². The predicted molar refractivity (Wildman–Crippen MR) is 56.7 cm³/mol. The molecule has 0 bridgehead atoms. The van der Waals surface area contributed by atoms with Gasteiger partial charge in [-0.3, -0.25) is 4.84 Å². The highest BCUT2D eigenvalue weighted by Crippen LogP contribution is 2.27. The molecule has 6 heteroatoms. The molecule has 0 aromatic heterocycles. The molecule has 0 heterocycles. The van der Waals surface area contributed by atoms with Crippen LogP contribution in [0.1, 0.15) is 39.0 Å². The van der Waals surface area contributed by atoms with Gasteiger partial charge in [-0.25, -0.2) is 15.1 Å². The Morgan fingerprint density at radius 1 is 1.31 bits per heavy atom. The third kappa shape index (κ3) is 4.48. The number of carbonyl (C=O) groups is 2. The Hall–Kier alpha value is -1.30. The van der Waals surface area contributed by atoms with E-state index in [1.165, 1.54) is 6.42 Å². The van der Waals surface area contributed by atoms with Gasteiger partial charge in [0.25, 0.3) is 0 Å². The van der Waals surface area contributed by atoms with Crippen molar-refractivity contribution in [2.75, 3.05) is 6.61 Å². The second kappa shape index (κ2) is 5.69. The van der Waals surface area contributed by atoms with Gasteiger partial charge >= 0.3 is 12.0 Å². The van der Waals surface area contributed by atoms with Crippen molar-refractivity contribution in [1.82, 2.24) is 10.8 Å². The van der Waals surface area contributed by atoms with Gasteiger partial charge in [0.2, 0.25) is 0 Å². The standard InChI is InChI=1S/C10H18N2O4/c1-10(5-3-2-4-6-10)11-9(15)12-16-7-8(13)14/h2-7H2,1H3,(H,13,14)(H2,11,12,15). The summed E-state index contributed by atoms with van der Waals surface area (Å²) in [6.07, 6.45) is 5.30. The Bertz CT molecular complexity index is 262. The zero-order valence-corrected chi connectivity index (χ0v) is 9.41. The van der Waals surface area contributed by atoms with Crippen LogP contribution < -0.4 is 10.8 Å². The lowest BCUT2D eigenvalue weighted by molar-refractivity contribution is -0.144. The van der Waals surface area contributed by atoms with Crippen LogP contribution in [-0.4, -0.2) is 29.3 Å². The molecule has 1 aliphatic carbocycles. The van der Waals surface area contributed by atoms with Crippen LogP contribution in [0.4, 0.5) is 4.79 Å². The summed E-state index contributed by atoms with van der Waals surface area (Å²) < 4.78 is 0. The van der Waals surface area contributed by atoms with Crippen molar-refractivity contribution >= 4 is 12.0 Å². The number of carboxylic acid groups (broad SMARTS) is 1. The van der Waals surface area contributed by atoms with Crippen molar-refractivity contribution < 1.29 is 19.5 Å². The second-order valence-corrected chi connectivity index (χ2v) is 4.36. The largest absolute Gasteiger partial charge is 0.479 e. The first-order valence-electron chi connectivity index (χ1n) is 5.44. The molecule has 0 radical (unpaired) electrons. The van der Waals surface area contributed by atoms with Crippen LogP contribution in [0.2, 0.25) is 0 Å². The summed E-state index contributed by atoms with van der Waals surface area (Å²) in [5.41, 5.74) is 1.86. The number of carbonyl (C=O) groups excluding carboxylic acids is 1. The molecule has 0 aromatic carbocycles. The van der Waals surface area contributed by atoms with E-state index in [0.29, 0.717) is 0 Å². The molecule has 0 atom stereocenters. The molecule has 1 rings (SSSR count). The lowest BCUT2D eigenvalue weighted by atomic mass is 9.83. The molecule has 0 saturated heterocycles. The zero-order valence-electron chi connectivity index (χ0n) is 9.41. The van der Waals surface area contributed by atoms with Crippen LogP contribution in [0.3, 0.4) is 0 Å². The molecular weight excluding hydrogens is 212 g/mol. The van der Waals surface area contributed by atoms with Crippen molar-refractivity contribution in [3.63, 3.8) is 0 Å². The van der Waals surface area contributed by atoms with Crippen LogP contribution in [0.15, 0.2) is 0 Å². The van der Waals surface area contributed by atoms with Gasteiger partial charge in [-0.15, -0.1) is 0 Å². The fourth-order valence-electron chi connectivity index (χ4n) is 1.92. The van der Waals surface area contributed by atoms with Crippen molar-refractivity contribution in [3.05, 3.63) is 0 Å². The lowest BCUT2D eigenvalue weighted by Gasteiger charge is -2.34. The molecule has 0 unspecified atom stereocenters. The maximum absolute atomic E-state index is 11.4. The summed E-state index contributed by atoms with van der Waals surface area (Å²) in [7, 11) is 0. The molecule has 6 nitrogen and oxygen atoms in total. The number of rotatable bonds is 4. The Morgan fingerprint density at radius 3 is 2.50 bits per heavy atom. The van der Waals surface area contributed by atoms with Gasteiger partial charge < -0.3 is 10.4 Å². The lowest BCUT2D eigenvalue weighted by Crippen LogP contribution is -2.51. The molecular formula is C10H18N2O4. The van der Waals surface area contributed by atoms with Gasteiger partial charge in [-0.2, -0.15) is 0 Å². The SMILES string of the molecule is CC1(NC(=O)NOCC(=O)O)CCCCC1. The molecule has 1 aliphatic rings. The first-order valence-corrected chi connectivity index (χ1v) is 5.44. The van der Waals surface area contributed by atoms with Crippen molar-refractivity contribution in [2.24, 2.45) is 0 Å². The number of hydrogen-bond acceptors (Lipinski definition) is 3. The number of aliphatic carboxylic acids is 1. The van der Waals surface area contributed by atoms with E-state index in [9.17, 15) is 9.59 Å². The molecule has 1 fully saturated rings. The number of urea groups is 1. The van der Waals surface area contributed by atoms with E-state index in [4.69, 9.17) is 5.11 Å². The van der Waals surface area contributed by atoms with Gasteiger partial charge in [0.1, 0.15) is 0 Å². The highest BCUT2D eigenvalue weighted by atomic mass is 16.7. The molecule has 2 amide bonds. The van der Waals surface area contributed by atoms with E-state index in [-0.39, 0.29) is 5.54 Å². The van der Waals surface area contributed by atoms with Gasteiger partial charge in [0.15, 0.2) is 6.61 Å². The Morgan fingerprint density at radius 2 is 1.94 bits per heavy atom. The number of hydrogen-bond donors (Lipinski definition) is 3. The summed E-state index contributed by atoms with van der Waals surface area (Å²) >= 11 is 0. The number of hydroxylamine groups is 1. The van der Waals surface area contributed by atoms with Crippen LogP contribution >= 0.6 is 0 Å². The Balaban J connectivity index is 2.24. The van der Waals surface area contributed by atoms with E-state index >= 15 is 0 Å². The summed E-state index contributed by atoms with van der Waals surface area (Å²) in [6.45, 7) is 1.45. The van der Waals surface area contributed by atoms with Crippen molar-refractivity contribution in [2.45, 2.75) is 44.6 Å². The van der Waals surface area contributed by atoms with Crippen molar-refractivity contribution in [3.8, 4) is 0 Å². The molecule has 16 heavy (non-hydrogen) atoms. The molecule has 0 aliphatic heterocycles. The third-order valence-corrected chi connectivity index (χ3v) is 2.73. The first-order chi connectivity index (χ1) is 7.52. The minimum atomic E-state index is -1.12. The van der Waals surface area contributed by atoms with Crippen LogP contribution in [0.25, 0.3) is 0 Å². The highest BCUT2D eigenvalue weighted by molar-refractivity contribution is 5.74. The maximum Gasteiger partial charge on any atom is 0.339 e. The maximum atomic E-state index is 11.4. The zero-order chi connectivity index (χ0) is 12.0. The topological polar surface area (TPSA) is 87.7 Å². The number of carboxylic acids is 1. The number of amides is 2. The van der Waals surface area contributed by atoms with Crippen molar-refractivity contribution in [1.29, 1.82) is 0 Å². The van der Waals surface area contributed by atoms with Gasteiger partial charge in [-0.1, -0.05) is 19.3 Å². The smallest absolute Gasteiger partial charge is 0.339 e. The summed E-state index contributed by atoms with van der Waals surface area (Å²) in [5.74, 6) is -1.12. The molecule has 0 spiro atoms. The fraction of sp³-hybridized carbons (Fsp3) is 0.800. The van der Waals surface area contributed by atoms with E-state index in [1.54, 1.807) is 0 Å². The predicted octanol–water partition coefficient (Wildman–Crippen LogP) is 1.02. The molecule has 1 saturated carbocycles. The van der Waals surface area contributed by atoms with Crippen LogP contribution in [-0.2, 0) is 9.63 Å². The normalized spacial score (nSPS) is 18.8. The highest BCUT2D eigenvalue weighted by Gasteiger charge is 2.28. The van der Waals surface area contributed by atoms with Crippen LogP contribution in [0, 0.1) is 0 Å². The van der Waals surface area contributed by atoms with E-state index in [2.05, 4.69) is 15.6 Å². The Labute approximate surface area is 94.3 Å². The quantitative estimate of drug-likeness (QED) is 0.629. The van der Waals surface area contributed by atoms with Crippen LogP contribution in [0.5, 0.6) is 0 Å². The summed E-state index contributed by atoms with van der Waals surface area (Å²) in [5, 5.41) is 11.1. The third-order valence-electron chi connectivity index (χ3n) is 2.73. The second-order valence-electron chi connectivity index (χ2n) is 4.36. The fourth-order valence-corrected chi connectivity index (χ4v) is 1.92. The van der Waals surface area contributed by atoms with Gasteiger partial charge in [-0.05, 0) is 19.8 Å². The number of nitrogens with one attached hydrogen (secondary N) is 2. The first kappa shape index (κ1) is 12.8.